The second-order valence-corrected chi connectivity index (χ2v) is 7.87. The normalized spacial score (nSPS) is 18.0. The molecule has 1 saturated heterocycles. The summed E-state index contributed by atoms with van der Waals surface area (Å²) in [6.07, 6.45) is 1.75. The minimum absolute atomic E-state index is 0. The Bertz CT molecular complexity index is 512. The number of hydrogen-bond donors (Lipinski definition) is 2. The molecule has 0 aromatic rings. The maximum Gasteiger partial charge on any atom is 0.242 e. The molecule has 1 atom stereocenters. The quantitative estimate of drug-likeness (QED) is 0.644. The summed E-state index contributed by atoms with van der Waals surface area (Å²) in [6, 6.07) is -0.641. The van der Waals surface area contributed by atoms with Crippen LogP contribution in [-0.4, -0.2) is 74.5 Å². The van der Waals surface area contributed by atoms with Gasteiger partial charge in [-0.2, -0.15) is 0 Å². The lowest BCUT2D eigenvalue weighted by atomic mass is 10.1. The zero-order valence-corrected chi connectivity index (χ0v) is 15.5. The molecule has 10 heteroatoms. The van der Waals surface area contributed by atoms with Gasteiger partial charge >= 0.3 is 0 Å². The second-order valence-electron chi connectivity index (χ2n) is 5.88. The van der Waals surface area contributed by atoms with Gasteiger partial charge in [-0.1, -0.05) is 13.8 Å². The summed E-state index contributed by atoms with van der Waals surface area (Å²) in [5.74, 6) is -0.577. The average Bonchev–Trinajstić information content (AvgIpc) is 2.68. The van der Waals surface area contributed by atoms with Crippen LogP contribution in [-0.2, 0) is 19.6 Å². The first-order chi connectivity index (χ1) is 10.1. The number of nitrogens with one attached hydrogen (secondary N) is 1. The van der Waals surface area contributed by atoms with E-state index in [1.165, 1.54) is 4.31 Å². The lowest BCUT2D eigenvalue weighted by molar-refractivity contribution is -0.133. The number of nitrogens with two attached hydrogens (primary N) is 1. The molecule has 1 aliphatic rings. The number of carbonyl (C=O) groups excluding carboxylic acids is 2. The molecule has 0 aromatic heterocycles. The molecule has 8 nitrogen and oxygen atoms in total. The van der Waals surface area contributed by atoms with Crippen LogP contribution in [0.2, 0.25) is 0 Å². The van der Waals surface area contributed by atoms with E-state index in [0.29, 0.717) is 26.1 Å². The molecule has 0 spiro atoms. The highest BCUT2D eigenvalue weighted by Crippen LogP contribution is 2.07. The first kappa shape index (κ1) is 22.1. The number of nitrogens with zero attached hydrogens (tertiary/aromatic N) is 2. The van der Waals surface area contributed by atoms with E-state index in [-0.39, 0.29) is 43.2 Å². The van der Waals surface area contributed by atoms with Crippen molar-refractivity contribution in [1.82, 2.24) is 14.5 Å². The highest BCUT2D eigenvalue weighted by Gasteiger charge is 2.24. The van der Waals surface area contributed by atoms with Crippen molar-refractivity contribution in [1.29, 1.82) is 0 Å². The van der Waals surface area contributed by atoms with Crippen LogP contribution in [0.4, 0.5) is 0 Å². The molecule has 2 amide bonds. The van der Waals surface area contributed by atoms with Gasteiger partial charge in [-0.15, -0.1) is 12.4 Å². The van der Waals surface area contributed by atoms with Crippen molar-refractivity contribution in [3.05, 3.63) is 0 Å². The van der Waals surface area contributed by atoms with Crippen LogP contribution in [0.15, 0.2) is 0 Å². The molecule has 1 aliphatic heterocycles. The second kappa shape index (κ2) is 9.41. The summed E-state index contributed by atoms with van der Waals surface area (Å²) in [5.41, 5.74) is 5.71. The molecule has 23 heavy (non-hydrogen) atoms. The van der Waals surface area contributed by atoms with Crippen LogP contribution >= 0.6 is 12.4 Å². The lowest BCUT2D eigenvalue weighted by Crippen LogP contribution is -2.48. The minimum Gasteiger partial charge on any atom is -0.346 e. The van der Waals surface area contributed by atoms with E-state index in [1.54, 1.807) is 4.90 Å². The number of rotatable bonds is 5. The molecule has 0 radical (unpaired) electrons. The molecule has 0 bridgehead atoms. The summed E-state index contributed by atoms with van der Waals surface area (Å²) in [4.78, 5) is 25.4. The average molecular weight is 371 g/mol. The summed E-state index contributed by atoms with van der Waals surface area (Å²) >= 11 is 0. The van der Waals surface area contributed by atoms with Crippen molar-refractivity contribution in [2.45, 2.75) is 26.3 Å². The molecule has 0 aromatic carbocycles. The number of sulfonamides is 1. The van der Waals surface area contributed by atoms with Gasteiger partial charge in [0.2, 0.25) is 21.8 Å². The van der Waals surface area contributed by atoms with Crippen LogP contribution in [0.3, 0.4) is 0 Å². The van der Waals surface area contributed by atoms with Crippen molar-refractivity contribution in [3.8, 4) is 0 Å². The van der Waals surface area contributed by atoms with Gasteiger partial charge in [0.15, 0.2) is 0 Å². The van der Waals surface area contributed by atoms with Crippen LogP contribution in [0.25, 0.3) is 0 Å². The van der Waals surface area contributed by atoms with Crippen molar-refractivity contribution in [2.24, 2.45) is 11.7 Å². The Morgan fingerprint density at radius 3 is 2.30 bits per heavy atom. The predicted octanol–water partition coefficient (Wildman–Crippen LogP) is -0.998. The third kappa shape index (κ3) is 7.03. The number of halogens is 1. The van der Waals surface area contributed by atoms with Gasteiger partial charge in [0.25, 0.3) is 0 Å². The molecule has 3 N–H and O–H groups in total. The van der Waals surface area contributed by atoms with Crippen LogP contribution in [0.5, 0.6) is 0 Å². The first-order valence-corrected chi connectivity index (χ1v) is 9.24. The van der Waals surface area contributed by atoms with Crippen LogP contribution in [0.1, 0.15) is 20.3 Å². The van der Waals surface area contributed by atoms with E-state index in [9.17, 15) is 18.0 Å². The monoisotopic (exact) mass is 370 g/mol. The predicted molar refractivity (Wildman–Crippen MR) is 90.7 cm³/mol. The largest absolute Gasteiger partial charge is 0.346 e. The molecule has 1 fully saturated rings. The van der Waals surface area contributed by atoms with Crippen molar-refractivity contribution in [2.75, 3.05) is 39.0 Å². The zero-order valence-electron chi connectivity index (χ0n) is 13.8. The Labute approximate surface area is 144 Å². The maximum absolute atomic E-state index is 12.1. The molecular formula is C13H27ClN4O4S. The standard InChI is InChI=1S/C13H26N4O4S.ClH/c1-10(2)12(14)13(19)15-9-11(18)16-5-4-6-17(8-7-16)22(3,20)21;/h10,12H,4-9,14H2,1-3H3,(H,15,19);1H/t12-;/m0./s1. The van der Waals surface area contributed by atoms with E-state index in [0.717, 1.165) is 6.26 Å². The van der Waals surface area contributed by atoms with Crippen molar-refractivity contribution in [3.63, 3.8) is 0 Å². The fourth-order valence-electron chi connectivity index (χ4n) is 2.17. The van der Waals surface area contributed by atoms with Crippen LogP contribution < -0.4 is 11.1 Å². The smallest absolute Gasteiger partial charge is 0.242 e. The van der Waals surface area contributed by atoms with E-state index < -0.39 is 16.1 Å². The Balaban J connectivity index is 0.00000484. The fourth-order valence-corrected chi connectivity index (χ4v) is 3.04. The fraction of sp³-hybridized carbons (Fsp3) is 0.846. The Kier molecular flexibility index (Phi) is 9.04. The molecule has 0 aliphatic carbocycles. The van der Waals surface area contributed by atoms with E-state index in [4.69, 9.17) is 5.73 Å². The summed E-state index contributed by atoms with van der Waals surface area (Å²) in [5, 5.41) is 2.54. The van der Waals surface area contributed by atoms with E-state index in [1.807, 2.05) is 13.8 Å². The maximum atomic E-state index is 12.1. The Hall–Kier alpha value is -0.900. The molecule has 1 heterocycles. The Morgan fingerprint density at radius 1 is 1.17 bits per heavy atom. The SMILES string of the molecule is CC(C)[C@H](N)C(=O)NCC(=O)N1CCCN(S(C)(=O)=O)CC1.Cl. The third-order valence-electron chi connectivity index (χ3n) is 3.71. The third-order valence-corrected chi connectivity index (χ3v) is 5.01. The van der Waals surface area contributed by atoms with Gasteiger partial charge in [0.1, 0.15) is 0 Å². The first-order valence-electron chi connectivity index (χ1n) is 7.39. The van der Waals surface area contributed by atoms with Crippen LogP contribution in [0, 0.1) is 5.92 Å². The summed E-state index contributed by atoms with van der Waals surface area (Å²) < 4.78 is 24.4. The number of hydrogen-bond acceptors (Lipinski definition) is 5. The highest BCUT2D eigenvalue weighted by molar-refractivity contribution is 7.88. The van der Waals surface area contributed by atoms with E-state index >= 15 is 0 Å². The zero-order chi connectivity index (χ0) is 16.9. The molecular weight excluding hydrogens is 344 g/mol. The highest BCUT2D eigenvalue weighted by atomic mass is 35.5. The molecule has 1 rings (SSSR count). The van der Waals surface area contributed by atoms with Gasteiger partial charge in [-0.3, -0.25) is 9.59 Å². The van der Waals surface area contributed by atoms with Crippen molar-refractivity contribution < 1.29 is 18.0 Å². The number of carbonyl (C=O) groups is 2. The minimum atomic E-state index is -3.24. The summed E-state index contributed by atoms with van der Waals surface area (Å²) in [6.45, 7) is 5.06. The molecule has 136 valence electrons. The Morgan fingerprint density at radius 2 is 1.78 bits per heavy atom. The van der Waals surface area contributed by atoms with E-state index in [2.05, 4.69) is 5.32 Å². The molecule has 0 unspecified atom stereocenters. The lowest BCUT2D eigenvalue weighted by Gasteiger charge is -2.22. The van der Waals surface area contributed by atoms with Gasteiger partial charge in [0.05, 0.1) is 18.8 Å². The van der Waals surface area contributed by atoms with Gasteiger partial charge in [-0.05, 0) is 12.3 Å². The molecule has 0 saturated carbocycles. The summed E-state index contributed by atoms with van der Waals surface area (Å²) in [7, 11) is -3.24. The topological polar surface area (TPSA) is 113 Å². The van der Waals surface area contributed by atoms with Gasteiger partial charge in [0, 0.05) is 26.2 Å². The van der Waals surface area contributed by atoms with Gasteiger partial charge < -0.3 is 16.0 Å². The van der Waals surface area contributed by atoms with Crippen molar-refractivity contribution >= 4 is 34.2 Å². The number of amides is 2. The van der Waals surface area contributed by atoms with Gasteiger partial charge in [-0.25, -0.2) is 12.7 Å².